The first kappa shape index (κ1) is 10.5. The zero-order valence-electron chi connectivity index (χ0n) is 10.3. The van der Waals surface area contributed by atoms with Crippen molar-refractivity contribution < 1.29 is 0 Å². The number of aromatic nitrogens is 4. The molecular formula is C14H13N5. The summed E-state index contributed by atoms with van der Waals surface area (Å²) < 4.78 is 2.03. The Balaban J connectivity index is 1.90. The Hall–Kier alpha value is -2.43. The molecule has 1 N–H and O–H groups in total. The molecule has 1 aromatic carbocycles. The summed E-state index contributed by atoms with van der Waals surface area (Å²) in [7, 11) is 0. The summed E-state index contributed by atoms with van der Waals surface area (Å²) in [4.78, 5) is 4.08. The molecule has 0 saturated carbocycles. The van der Waals surface area contributed by atoms with E-state index < -0.39 is 0 Å². The Morgan fingerprint density at radius 2 is 2.16 bits per heavy atom. The first-order valence-corrected chi connectivity index (χ1v) is 6.41. The smallest absolute Gasteiger partial charge is 0.179 e. The van der Waals surface area contributed by atoms with E-state index in [1.54, 1.807) is 12.4 Å². The molecule has 4 rings (SSSR count). The molecule has 19 heavy (non-hydrogen) atoms. The summed E-state index contributed by atoms with van der Waals surface area (Å²) in [5.41, 5.74) is 3.29. The van der Waals surface area contributed by atoms with Crippen molar-refractivity contribution in [3.63, 3.8) is 0 Å². The Bertz CT molecular complexity index is 733. The van der Waals surface area contributed by atoms with Gasteiger partial charge in [0.2, 0.25) is 0 Å². The average Bonchev–Trinajstić information content (AvgIpc) is 2.90. The van der Waals surface area contributed by atoms with Gasteiger partial charge in [0, 0.05) is 30.5 Å². The van der Waals surface area contributed by atoms with Gasteiger partial charge in [0.25, 0.3) is 0 Å². The van der Waals surface area contributed by atoms with Gasteiger partial charge in [0.05, 0.1) is 6.20 Å². The van der Waals surface area contributed by atoms with Crippen LogP contribution in [0.2, 0.25) is 0 Å². The summed E-state index contributed by atoms with van der Waals surface area (Å²) in [6, 6.07) is 8.41. The van der Waals surface area contributed by atoms with E-state index in [-0.39, 0.29) is 5.92 Å². The summed E-state index contributed by atoms with van der Waals surface area (Å²) in [6.45, 7) is 0.960. The third-order valence-electron chi connectivity index (χ3n) is 3.64. The van der Waals surface area contributed by atoms with Crippen molar-refractivity contribution in [2.75, 3.05) is 11.9 Å². The van der Waals surface area contributed by atoms with Crippen LogP contribution in [-0.2, 0) is 0 Å². The fourth-order valence-corrected chi connectivity index (χ4v) is 2.75. The average molecular weight is 251 g/mol. The third kappa shape index (κ3) is 1.58. The number of benzene rings is 1. The van der Waals surface area contributed by atoms with Gasteiger partial charge in [-0.05, 0) is 18.1 Å². The predicted octanol–water partition coefficient (Wildman–Crippen LogP) is 2.07. The number of fused-ring (bicyclic) bond motifs is 2. The minimum absolute atomic E-state index is 0.287. The fraction of sp³-hybridized carbons (Fsp3) is 0.214. The minimum atomic E-state index is 0.287. The molecule has 3 heterocycles. The first-order chi connectivity index (χ1) is 9.43. The molecule has 2 aromatic heterocycles. The molecule has 0 saturated heterocycles. The van der Waals surface area contributed by atoms with E-state index in [9.17, 15) is 0 Å². The number of hydrogen-bond acceptors (Lipinski definition) is 4. The summed E-state index contributed by atoms with van der Waals surface area (Å²) in [6.07, 6.45) is 6.46. The van der Waals surface area contributed by atoms with Gasteiger partial charge in [-0.25, -0.2) is 0 Å². The summed E-state index contributed by atoms with van der Waals surface area (Å²) >= 11 is 0. The lowest BCUT2D eigenvalue weighted by molar-refractivity contribution is 0.666. The number of para-hydroxylation sites is 1. The SMILES string of the molecule is c1ccc2c(c1)NCCC2c1nnc2cnccn12. The lowest BCUT2D eigenvalue weighted by Crippen LogP contribution is -2.19. The maximum absolute atomic E-state index is 4.36. The van der Waals surface area contributed by atoms with Gasteiger partial charge in [0.15, 0.2) is 5.65 Å². The molecule has 0 radical (unpaired) electrons. The maximum atomic E-state index is 4.36. The second-order valence-electron chi connectivity index (χ2n) is 4.72. The highest BCUT2D eigenvalue weighted by atomic mass is 15.3. The molecule has 3 aromatic rings. The van der Waals surface area contributed by atoms with Gasteiger partial charge < -0.3 is 5.32 Å². The van der Waals surface area contributed by atoms with Gasteiger partial charge >= 0.3 is 0 Å². The highest BCUT2D eigenvalue weighted by Gasteiger charge is 2.25. The monoisotopic (exact) mass is 251 g/mol. The third-order valence-corrected chi connectivity index (χ3v) is 3.64. The summed E-state index contributed by atoms with van der Waals surface area (Å²) in [5, 5.41) is 12.0. The number of rotatable bonds is 1. The molecule has 0 fully saturated rings. The van der Waals surface area contributed by atoms with Crippen molar-refractivity contribution in [3.05, 3.63) is 54.2 Å². The van der Waals surface area contributed by atoms with Crippen LogP contribution in [0.15, 0.2) is 42.9 Å². The number of nitrogens with one attached hydrogen (secondary N) is 1. The number of hydrogen-bond donors (Lipinski definition) is 1. The van der Waals surface area contributed by atoms with Crippen LogP contribution in [0.3, 0.4) is 0 Å². The lowest BCUT2D eigenvalue weighted by atomic mass is 9.90. The Morgan fingerprint density at radius 3 is 3.16 bits per heavy atom. The lowest BCUT2D eigenvalue weighted by Gasteiger charge is -2.25. The zero-order chi connectivity index (χ0) is 12.7. The molecule has 5 heteroatoms. The van der Waals surface area contributed by atoms with E-state index in [2.05, 4.69) is 44.8 Å². The van der Waals surface area contributed by atoms with E-state index in [0.717, 1.165) is 24.4 Å². The quantitative estimate of drug-likeness (QED) is 0.719. The standard InChI is InChI=1S/C14H13N5/c1-2-4-12-10(3-1)11(5-6-16-12)14-18-17-13-9-15-7-8-19(13)14/h1-4,7-9,11,16H,5-6H2. The van der Waals surface area contributed by atoms with Gasteiger partial charge in [-0.15, -0.1) is 10.2 Å². The number of nitrogens with zero attached hydrogens (tertiary/aromatic N) is 4. The molecule has 5 nitrogen and oxygen atoms in total. The molecule has 1 aliphatic heterocycles. The Labute approximate surface area is 110 Å². The molecule has 1 unspecified atom stereocenters. The minimum Gasteiger partial charge on any atom is -0.385 e. The molecule has 94 valence electrons. The van der Waals surface area contributed by atoms with Crippen LogP contribution in [0.1, 0.15) is 23.7 Å². The topological polar surface area (TPSA) is 55.1 Å². The van der Waals surface area contributed by atoms with Gasteiger partial charge in [-0.1, -0.05) is 18.2 Å². The van der Waals surface area contributed by atoms with Crippen LogP contribution in [0.4, 0.5) is 5.69 Å². The van der Waals surface area contributed by atoms with Crippen molar-refractivity contribution >= 4 is 11.3 Å². The van der Waals surface area contributed by atoms with Gasteiger partial charge in [0.1, 0.15) is 5.82 Å². The maximum Gasteiger partial charge on any atom is 0.179 e. The summed E-state index contributed by atoms with van der Waals surface area (Å²) in [5.74, 6) is 1.28. The predicted molar refractivity (Wildman–Crippen MR) is 72.2 cm³/mol. The van der Waals surface area contributed by atoms with Gasteiger partial charge in [-0.2, -0.15) is 0 Å². The van der Waals surface area contributed by atoms with E-state index in [1.807, 2.05) is 10.6 Å². The second-order valence-corrected chi connectivity index (χ2v) is 4.72. The van der Waals surface area contributed by atoms with Crippen molar-refractivity contribution in [3.8, 4) is 0 Å². The van der Waals surface area contributed by atoms with Crippen LogP contribution >= 0.6 is 0 Å². The molecule has 0 bridgehead atoms. The highest BCUT2D eigenvalue weighted by molar-refractivity contribution is 5.56. The molecule has 0 spiro atoms. The van der Waals surface area contributed by atoms with E-state index in [0.29, 0.717) is 0 Å². The Morgan fingerprint density at radius 1 is 1.21 bits per heavy atom. The van der Waals surface area contributed by atoms with Crippen molar-refractivity contribution in [1.29, 1.82) is 0 Å². The molecule has 0 aliphatic carbocycles. The molecule has 1 atom stereocenters. The largest absolute Gasteiger partial charge is 0.385 e. The highest BCUT2D eigenvalue weighted by Crippen LogP contribution is 2.35. The van der Waals surface area contributed by atoms with Crippen LogP contribution < -0.4 is 5.32 Å². The fourth-order valence-electron chi connectivity index (χ4n) is 2.75. The number of anilines is 1. The van der Waals surface area contributed by atoms with Crippen molar-refractivity contribution in [1.82, 2.24) is 19.6 Å². The van der Waals surface area contributed by atoms with E-state index in [4.69, 9.17) is 0 Å². The van der Waals surface area contributed by atoms with E-state index in [1.165, 1.54) is 11.3 Å². The van der Waals surface area contributed by atoms with Crippen LogP contribution in [-0.4, -0.2) is 26.1 Å². The molecule has 1 aliphatic rings. The van der Waals surface area contributed by atoms with Crippen LogP contribution in [0.25, 0.3) is 5.65 Å². The van der Waals surface area contributed by atoms with E-state index >= 15 is 0 Å². The Kier molecular flexibility index (Phi) is 2.24. The first-order valence-electron chi connectivity index (χ1n) is 6.41. The van der Waals surface area contributed by atoms with Crippen molar-refractivity contribution in [2.24, 2.45) is 0 Å². The molecular weight excluding hydrogens is 238 g/mol. The normalized spacial score (nSPS) is 18.0. The zero-order valence-corrected chi connectivity index (χ0v) is 10.3. The second kappa shape index (κ2) is 4.05. The van der Waals surface area contributed by atoms with Crippen LogP contribution in [0.5, 0.6) is 0 Å². The van der Waals surface area contributed by atoms with Gasteiger partial charge in [-0.3, -0.25) is 9.38 Å². The van der Waals surface area contributed by atoms with Crippen LogP contribution in [0, 0.1) is 0 Å². The molecule has 0 amide bonds. The van der Waals surface area contributed by atoms with Crippen molar-refractivity contribution in [2.45, 2.75) is 12.3 Å².